The van der Waals surface area contributed by atoms with Gasteiger partial charge in [-0.25, -0.2) is 0 Å². The fraction of sp³-hybridized carbons (Fsp3) is 0.429. The zero-order valence-electron chi connectivity index (χ0n) is 13.9. The van der Waals surface area contributed by atoms with Gasteiger partial charge in [-0.2, -0.15) is 5.26 Å². The van der Waals surface area contributed by atoms with Crippen molar-refractivity contribution in [1.29, 1.82) is 5.26 Å². The minimum Gasteiger partial charge on any atom is -0.381 e. The third-order valence-corrected chi connectivity index (χ3v) is 5.24. The van der Waals surface area contributed by atoms with Gasteiger partial charge in [-0.1, -0.05) is 36.8 Å². The van der Waals surface area contributed by atoms with Gasteiger partial charge in [0.15, 0.2) is 0 Å². The molecule has 122 valence electrons. The van der Waals surface area contributed by atoms with Crippen molar-refractivity contribution in [1.82, 2.24) is 4.98 Å². The number of nitriles is 1. The van der Waals surface area contributed by atoms with E-state index in [4.69, 9.17) is 9.72 Å². The van der Waals surface area contributed by atoms with Crippen molar-refractivity contribution < 1.29 is 4.74 Å². The average molecular weight is 318 g/mol. The van der Waals surface area contributed by atoms with Crippen molar-refractivity contribution in [3.63, 3.8) is 0 Å². The van der Waals surface area contributed by atoms with Gasteiger partial charge in [-0.05, 0) is 43.2 Å². The molecule has 4 rings (SSSR count). The summed E-state index contributed by atoms with van der Waals surface area (Å²) in [6.45, 7) is 1.46. The van der Waals surface area contributed by atoms with Crippen LogP contribution < -0.4 is 0 Å². The van der Waals surface area contributed by atoms with Crippen LogP contribution in [0.4, 0.5) is 0 Å². The van der Waals surface area contributed by atoms with E-state index in [0.29, 0.717) is 6.61 Å². The molecule has 2 heterocycles. The first-order chi connectivity index (χ1) is 11.9. The van der Waals surface area contributed by atoms with Gasteiger partial charge in [0.1, 0.15) is 6.07 Å². The highest BCUT2D eigenvalue weighted by Gasteiger charge is 2.28. The number of ether oxygens (including phenoxy) is 1. The Morgan fingerprint density at radius 2 is 1.92 bits per heavy atom. The van der Waals surface area contributed by atoms with Gasteiger partial charge in [0.25, 0.3) is 0 Å². The van der Waals surface area contributed by atoms with E-state index in [0.717, 1.165) is 48.3 Å². The molecule has 1 aliphatic carbocycles. The van der Waals surface area contributed by atoms with Crippen molar-refractivity contribution in [2.45, 2.75) is 44.4 Å². The minimum absolute atomic E-state index is 0.260. The van der Waals surface area contributed by atoms with Crippen molar-refractivity contribution in [2.24, 2.45) is 0 Å². The molecule has 1 aromatic heterocycles. The van der Waals surface area contributed by atoms with E-state index in [1.54, 1.807) is 0 Å². The maximum Gasteiger partial charge on any atom is 0.102 e. The standard InChI is InChI=1S/C21H22N2O/c22-13-18-20(15-7-3-1-4-8-15)17-9-5-2-6-10-19(17)23-21(18)16-11-12-24-14-16/h1,3-4,7-8,16H,2,5-6,9-12,14H2. The number of pyridine rings is 1. The third-order valence-electron chi connectivity index (χ3n) is 5.24. The Morgan fingerprint density at radius 3 is 2.67 bits per heavy atom. The lowest BCUT2D eigenvalue weighted by Crippen LogP contribution is -2.11. The Balaban J connectivity index is 1.97. The summed E-state index contributed by atoms with van der Waals surface area (Å²) in [4.78, 5) is 5.01. The molecule has 0 amide bonds. The molecule has 0 saturated carbocycles. The van der Waals surface area contributed by atoms with Gasteiger partial charge in [0, 0.05) is 23.8 Å². The normalized spacial score (nSPS) is 20.2. The summed E-state index contributed by atoms with van der Waals surface area (Å²) in [7, 11) is 0. The first-order valence-electron chi connectivity index (χ1n) is 8.97. The Kier molecular flexibility index (Phi) is 4.32. The fourth-order valence-corrected chi connectivity index (χ4v) is 4.02. The molecular formula is C21H22N2O. The van der Waals surface area contributed by atoms with E-state index in [1.165, 1.54) is 30.5 Å². The predicted molar refractivity (Wildman–Crippen MR) is 93.8 cm³/mol. The number of benzene rings is 1. The van der Waals surface area contributed by atoms with E-state index in [-0.39, 0.29) is 5.92 Å². The SMILES string of the molecule is N#Cc1c(C2CCOC2)nc2c(c1-c1ccccc1)CCCCC2. The van der Waals surface area contributed by atoms with Gasteiger partial charge >= 0.3 is 0 Å². The summed E-state index contributed by atoms with van der Waals surface area (Å²) < 4.78 is 5.58. The molecule has 1 saturated heterocycles. The second-order valence-corrected chi connectivity index (χ2v) is 6.77. The summed E-state index contributed by atoms with van der Waals surface area (Å²) in [6.07, 6.45) is 6.65. The molecule has 0 bridgehead atoms. The highest BCUT2D eigenvalue weighted by atomic mass is 16.5. The highest BCUT2D eigenvalue weighted by molar-refractivity contribution is 5.76. The summed E-state index contributed by atoms with van der Waals surface area (Å²) in [5, 5.41) is 9.96. The quantitative estimate of drug-likeness (QED) is 0.771. The van der Waals surface area contributed by atoms with Crippen LogP contribution in [0.25, 0.3) is 11.1 Å². The lowest BCUT2D eigenvalue weighted by Gasteiger charge is -2.19. The van der Waals surface area contributed by atoms with Crippen LogP contribution in [0.2, 0.25) is 0 Å². The molecule has 3 nitrogen and oxygen atoms in total. The highest BCUT2D eigenvalue weighted by Crippen LogP contribution is 2.38. The monoisotopic (exact) mass is 318 g/mol. The average Bonchev–Trinajstić information content (AvgIpc) is 3.06. The van der Waals surface area contributed by atoms with Crippen molar-refractivity contribution in [3.8, 4) is 17.2 Å². The zero-order valence-corrected chi connectivity index (χ0v) is 13.9. The number of aromatic nitrogens is 1. The van der Waals surface area contributed by atoms with E-state index in [9.17, 15) is 5.26 Å². The van der Waals surface area contributed by atoms with Crippen LogP contribution in [0.1, 0.15) is 54.1 Å². The maximum absolute atomic E-state index is 9.96. The van der Waals surface area contributed by atoms with Crippen LogP contribution in [0.3, 0.4) is 0 Å². The molecule has 3 heteroatoms. The third kappa shape index (κ3) is 2.72. The molecular weight excluding hydrogens is 296 g/mol. The van der Waals surface area contributed by atoms with Crippen LogP contribution in [-0.2, 0) is 17.6 Å². The van der Waals surface area contributed by atoms with Crippen LogP contribution >= 0.6 is 0 Å². The Hall–Kier alpha value is -2.18. The molecule has 1 aliphatic heterocycles. The van der Waals surface area contributed by atoms with Gasteiger partial charge in [0.05, 0.1) is 17.9 Å². The summed E-state index contributed by atoms with van der Waals surface area (Å²) in [5.74, 6) is 0.260. The molecule has 2 aromatic rings. The number of nitrogens with zero attached hydrogens (tertiary/aromatic N) is 2. The Morgan fingerprint density at radius 1 is 1.08 bits per heavy atom. The van der Waals surface area contributed by atoms with Crippen LogP contribution in [-0.4, -0.2) is 18.2 Å². The van der Waals surface area contributed by atoms with Crippen molar-refractivity contribution in [3.05, 3.63) is 52.8 Å². The van der Waals surface area contributed by atoms with Crippen LogP contribution in [0, 0.1) is 11.3 Å². The number of aryl methyl sites for hydroxylation is 1. The lowest BCUT2D eigenvalue weighted by molar-refractivity contribution is 0.193. The minimum atomic E-state index is 0.260. The molecule has 1 fully saturated rings. The topological polar surface area (TPSA) is 45.9 Å². The summed E-state index contributed by atoms with van der Waals surface area (Å²) in [6, 6.07) is 12.9. The second kappa shape index (κ2) is 6.75. The summed E-state index contributed by atoms with van der Waals surface area (Å²) >= 11 is 0. The maximum atomic E-state index is 9.96. The first-order valence-corrected chi connectivity index (χ1v) is 8.97. The first kappa shape index (κ1) is 15.4. The molecule has 1 unspecified atom stereocenters. The van der Waals surface area contributed by atoms with Crippen molar-refractivity contribution in [2.75, 3.05) is 13.2 Å². The smallest absolute Gasteiger partial charge is 0.102 e. The van der Waals surface area contributed by atoms with Crippen LogP contribution in [0.15, 0.2) is 30.3 Å². The molecule has 1 atom stereocenters. The lowest BCUT2D eigenvalue weighted by atomic mass is 9.87. The summed E-state index contributed by atoms with van der Waals surface area (Å²) in [5.41, 5.74) is 6.54. The number of rotatable bonds is 2. The van der Waals surface area contributed by atoms with E-state index < -0.39 is 0 Å². The molecule has 2 aliphatic rings. The largest absolute Gasteiger partial charge is 0.381 e. The predicted octanol–water partition coefficient (Wildman–Crippen LogP) is 4.39. The van der Waals surface area contributed by atoms with Gasteiger partial charge < -0.3 is 4.74 Å². The molecule has 0 spiro atoms. The van der Waals surface area contributed by atoms with Gasteiger partial charge in [0.2, 0.25) is 0 Å². The second-order valence-electron chi connectivity index (χ2n) is 6.77. The molecule has 1 aromatic carbocycles. The van der Waals surface area contributed by atoms with E-state index in [2.05, 4.69) is 30.3 Å². The van der Waals surface area contributed by atoms with Crippen molar-refractivity contribution >= 4 is 0 Å². The van der Waals surface area contributed by atoms with E-state index >= 15 is 0 Å². The Bertz CT molecular complexity index is 771. The number of hydrogen-bond acceptors (Lipinski definition) is 3. The molecule has 24 heavy (non-hydrogen) atoms. The molecule has 0 radical (unpaired) electrons. The van der Waals surface area contributed by atoms with Gasteiger partial charge in [-0.15, -0.1) is 0 Å². The number of fused-ring (bicyclic) bond motifs is 1. The zero-order chi connectivity index (χ0) is 16.4. The van der Waals surface area contributed by atoms with Crippen LogP contribution in [0.5, 0.6) is 0 Å². The van der Waals surface area contributed by atoms with E-state index in [1.807, 2.05) is 6.07 Å². The fourth-order valence-electron chi connectivity index (χ4n) is 4.02. The van der Waals surface area contributed by atoms with Gasteiger partial charge in [-0.3, -0.25) is 4.98 Å². The Labute approximate surface area is 143 Å². The molecule has 0 N–H and O–H groups in total. The number of hydrogen-bond donors (Lipinski definition) is 0.